The number of hydrogen-bond donors (Lipinski definition) is 2. The second-order valence-corrected chi connectivity index (χ2v) is 7.40. The normalized spacial score (nSPS) is 18.5. The highest BCUT2D eigenvalue weighted by Crippen LogP contribution is 2.36. The van der Waals surface area contributed by atoms with Crippen LogP contribution in [-0.2, 0) is 4.79 Å². The highest BCUT2D eigenvalue weighted by atomic mass is 19.4. The summed E-state index contributed by atoms with van der Waals surface area (Å²) in [5.74, 6) is -1.02. The maximum Gasteiger partial charge on any atom is 0.422 e. The molecule has 1 aliphatic carbocycles. The first-order chi connectivity index (χ1) is 14.7. The molecule has 31 heavy (non-hydrogen) atoms. The third kappa shape index (κ3) is 4.61. The van der Waals surface area contributed by atoms with Gasteiger partial charge in [0.2, 0.25) is 5.91 Å². The fourth-order valence-corrected chi connectivity index (χ4v) is 3.47. The van der Waals surface area contributed by atoms with Gasteiger partial charge in [0.1, 0.15) is 17.4 Å². The monoisotopic (exact) mass is 434 g/mol. The van der Waals surface area contributed by atoms with Gasteiger partial charge in [-0.05, 0) is 43.2 Å². The number of rotatable bonds is 5. The molecule has 0 radical (unpaired) electrons. The van der Waals surface area contributed by atoms with Crippen molar-refractivity contribution >= 4 is 22.6 Å². The van der Waals surface area contributed by atoms with Crippen molar-refractivity contribution in [3.8, 4) is 16.9 Å². The molecule has 2 N–H and O–H groups in total. The number of benzene rings is 2. The molecule has 0 spiro atoms. The zero-order valence-electron chi connectivity index (χ0n) is 16.1. The fourth-order valence-electron chi connectivity index (χ4n) is 3.47. The third-order valence-corrected chi connectivity index (χ3v) is 5.11. The van der Waals surface area contributed by atoms with Gasteiger partial charge in [0.25, 0.3) is 0 Å². The van der Waals surface area contributed by atoms with E-state index in [1.165, 1.54) is 36.4 Å². The number of hydrogen-bond acceptors (Lipinski definition) is 4. The van der Waals surface area contributed by atoms with Crippen molar-refractivity contribution in [3.05, 3.63) is 54.3 Å². The quantitative estimate of drug-likeness (QED) is 0.572. The standard InChI is InChI=1S/C22H18F4N2O3/c23-17-7-5-15(14-3-1-2-4-18(14)31-11-22(24,25)26)20-16(17)6-8-19(27-20)28-21(30)12-9-13(29)10-12/h1-8,12-13,29H,9-11H2,(H,27,28,30)/t12-,13-. The number of alkyl halides is 3. The summed E-state index contributed by atoms with van der Waals surface area (Å²) >= 11 is 0. The Labute approximate surface area is 174 Å². The number of halogens is 4. The van der Waals surface area contributed by atoms with Crippen LogP contribution in [0.15, 0.2) is 48.5 Å². The minimum Gasteiger partial charge on any atom is -0.483 e. The van der Waals surface area contributed by atoms with E-state index in [1.807, 2.05) is 0 Å². The Morgan fingerprint density at radius 2 is 1.84 bits per heavy atom. The number of fused-ring (bicyclic) bond motifs is 1. The molecule has 0 aliphatic heterocycles. The summed E-state index contributed by atoms with van der Waals surface area (Å²) in [4.78, 5) is 16.6. The number of carbonyl (C=O) groups excluding carboxylic acids is 1. The molecule has 1 saturated carbocycles. The number of nitrogens with zero attached hydrogens (tertiary/aromatic N) is 1. The molecule has 2 aromatic carbocycles. The van der Waals surface area contributed by atoms with Crippen LogP contribution in [0.2, 0.25) is 0 Å². The van der Waals surface area contributed by atoms with Crippen molar-refractivity contribution in [2.75, 3.05) is 11.9 Å². The number of nitrogens with one attached hydrogen (secondary N) is 1. The second kappa shape index (κ2) is 8.14. The first-order valence-corrected chi connectivity index (χ1v) is 9.58. The van der Waals surface area contributed by atoms with Crippen molar-refractivity contribution in [1.82, 2.24) is 4.98 Å². The Kier molecular flexibility index (Phi) is 5.53. The number of aromatic nitrogens is 1. The zero-order valence-corrected chi connectivity index (χ0v) is 16.1. The number of anilines is 1. The van der Waals surface area contributed by atoms with Crippen LogP contribution >= 0.6 is 0 Å². The Morgan fingerprint density at radius 3 is 2.55 bits per heavy atom. The minimum atomic E-state index is -4.51. The van der Waals surface area contributed by atoms with Gasteiger partial charge in [-0.3, -0.25) is 4.79 Å². The van der Waals surface area contributed by atoms with Crippen molar-refractivity contribution in [2.24, 2.45) is 5.92 Å². The summed E-state index contributed by atoms with van der Waals surface area (Å²) in [5, 5.41) is 12.2. The summed E-state index contributed by atoms with van der Waals surface area (Å²) in [6, 6.07) is 11.6. The van der Waals surface area contributed by atoms with Crippen LogP contribution in [0.3, 0.4) is 0 Å². The zero-order chi connectivity index (χ0) is 22.2. The van der Waals surface area contributed by atoms with E-state index in [1.54, 1.807) is 12.1 Å². The topological polar surface area (TPSA) is 71.5 Å². The van der Waals surface area contributed by atoms with Gasteiger partial charge in [-0.2, -0.15) is 13.2 Å². The lowest BCUT2D eigenvalue weighted by atomic mass is 9.82. The highest BCUT2D eigenvalue weighted by molar-refractivity contribution is 5.98. The molecular formula is C22H18F4N2O3. The molecule has 1 aliphatic rings. The number of amides is 1. The lowest BCUT2D eigenvalue weighted by Gasteiger charge is -2.29. The molecule has 1 aromatic heterocycles. The summed E-state index contributed by atoms with van der Waals surface area (Å²) in [7, 11) is 0. The molecule has 9 heteroatoms. The Balaban J connectivity index is 1.71. The maximum absolute atomic E-state index is 14.4. The smallest absolute Gasteiger partial charge is 0.422 e. The Hall–Kier alpha value is -3.20. The predicted molar refractivity (Wildman–Crippen MR) is 106 cm³/mol. The fraction of sp³-hybridized carbons (Fsp3) is 0.273. The van der Waals surface area contributed by atoms with E-state index in [-0.39, 0.29) is 34.3 Å². The van der Waals surface area contributed by atoms with E-state index in [2.05, 4.69) is 10.3 Å². The van der Waals surface area contributed by atoms with E-state index >= 15 is 0 Å². The first kappa shape index (κ1) is 21.0. The van der Waals surface area contributed by atoms with E-state index in [0.29, 0.717) is 24.0 Å². The molecule has 0 saturated heterocycles. The van der Waals surface area contributed by atoms with Crippen LogP contribution in [0, 0.1) is 11.7 Å². The highest BCUT2D eigenvalue weighted by Gasteiger charge is 2.33. The third-order valence-electron chi connectivity index (χ3n) is 5.11. The maximum atomic E-state index is 14.4. The second-order valence-electron chi connectivity index (χ2n) is 7.40. The molecule has 1 amide bonds. The number of pyridine rings is 1. The van der Waals surface area contributed by atoms with E-state index in [4.69, 9.17) is 4.74 Å². The molecule has 162 valence electrons. The number of para-hydroxylation sites is 1. The van der Waals surface area contributed by atoms with Crippen LogP contribution in [0.5, 0.6) is 5.75 Å². The van der Waals surface area contributed by atoms with Gasteiger partial charge < -0.3 is 15.2 Å². The average Bonchev–Trinajstić information content (AvgIpc) is 2.70. The molecular weight excluding hydrogens is 416 g/mol. The van der Waals surface area contributed by atoms with Gasteiger partial charge in [-0.1, -0.05) is 18.2 Å². The molecule has 0 unspecified atom stereocenters. The van der Waals surface area contributed by atoms with E-state index in [0.717, 1.165) is 0 Å². The van der Waals surface area contributed by atoms with Crippen LogP contribution in [0.4, 0.5) is 23.4 Å². The summed E-state index contributed by atoms with van der Waals surface area (Å²) in [5.41, 5.74) is 0.855. The number of carbonyl (C=O) groups is 1. The Bertz CT molecular complexity index is 1130. The van der Waals surface area contributed by atoms with Gasteiger partial charge in [-0.15, -0.1) is 0 Å². The summed E-state index contributed by atoms with van der Waals surface area (Å²) in [6.45, 7) is -1.47. The van der Waals surface area contributed by atoms with E-state index in [9.17, 15) is 27.5 Å². The Morgan fingerprint density at radius 1 is 1.10 bits per heavy atom. The first-order valence-electron chi connectivity index (χ1n) is 9.58. The lowest BCUT2D eigenvalue weighted by Crippen LogP contribution is -2.37. The molecule has 1 heterocycles. The molecule has 5 nitrogen and oxygen atoms in total. The van der Waals surface area contributed by atoms with Crippen molar-refractivity contribution in [1.29, 1.82) is 0 Å². The minimum absolute atomic E-state index is 0.0209. The summed E-state index contributed by atoms with van der Waals surface area (Å²) in [6.07, 6.45) is -4.27. The lowest BCUT2D eigenvalue weighted by molar-refractivity contribution is -0.153. The number of ether oxygens (including phenoxy) is 1. The van der Waals surface area contributed by atoms with Crippen LogP contribution in [-0.4, -0.2) is 34.9 Å². The van der Waals surface area contributed by atoms with Gasteiger partial charge in [0, 0.05) is 22.4 Å². The largest absolute Gasteiger partial charge is 0.483 e. The van der Waals surface area contributed by atoms with Gasteiger partial charge in [0.15, 0.2) is 6.61 Å². The molecule has 0 atom stereocenters. The average molecular weight is 434 g/mol. The van der Waals surface area contributed by atoms with Crippen molar-refractivity contribution < 1.29 is 32.2 Å². The number of aliphatic hydroxyl groups excluding tert-OH is 1. The van der Waals surface area contributed by atoms with Gasteiger partial charge in [0.05, 0.1) is 11.6 Å². The predicted octanol–water partition coefficient (Wildman–Crippen LogP) is 4.69. The number of aliphatic hydroxyl groups is 1. The molecule has 1 fully saturated rings. The van der Waals surface area contributed by atoms with Crippen LogP contribution in [0.1, 0.15) is 12.8 Å². The molecule has 4 rings (SSSR count). The molecule has 0 bridgehead atoms. The van der Waals surface area contributed by atoms with Crippen LogP contribution in [0.25, 0.3) is 22.0 Å². The van der Waals surface area contributed by atoms with E-state index < -0.39 is 24.7 Å². The van der Waals surface area contributed by atoms with Crippen molar-refractivity contribution in [3.63, 3.8) is 0 Å². The van der Waals surface area contributed by atoms with Gasteiger partial charge in [-0.25, -0.2) is 9.37 Å². The SMILES string of the molecule is O=C(Nc1ccc2c(F)ccc(-c3ccccc3OCC(F)(F)F)c2n1)[C@H]1C[C@H](O)C1. The summed E-state index contributed by atoms with van der Waals surface area (Å²) < 4.78 is 57.2. The van der Waals surface area contributed by atoms with Crippen molar-refractivity contribution in [2.45, 2.75) is 25.1 Å². The molecule has 3 aromatic rings. The van der Waals surface area contributed by atoms with Gasteiger partial charge >= 0.3 is 6.18 Å². The van der Waals surface area contributed by atoms with Crippen LogP contribution < -0.4 is 10.1 Å².